The monoisotopic (exact) mass is 310 g/mol. The molecule has 0 bridgehead atoms. The van der Waals surface area contributed by atoms with Gasteiger partial charge in [-0.05, 0) is 30.4 Å². The van der Waals surface area contributed by atoms with Gasteiger partial charge in [0.15, 0.2) is 0 Å². The fraction of sp³-hybridized carbons (Fsp3) is 0.571. The van der Waals surface area contributed by atoms with Gasteiger partial charge in [0.1, 0.15) is 12.2 Å². The van der Waals surface area contributed by atoms with Gasteiger partial charge in [0.25, 0.3) is 0 Å². The fourth-order valence-electron chi connectivity index (χ4n) is 2.84. The molecule has 0 aliphatic carbocycles. The SMILES string of the molecule is CC1(OCC(=O)O)CN(C(=O)N2CCc3sccc3C2)C1. The van der Waals surface area contributed by atoms with E-state index in [9.17, 15) is 9.59 Å². The Balaban J connectivity index is 1.53. The zero-order valence-corrected chi connectivity index (χ0v) is 12.7. The minimum Gasteiger partial charge on any atom is -0.480 e. The highest BCUT2D eigenvalue weighted by Crippen LogP contribution is 2.29. The van der Waals surface area contributed by atoms with Crippen molar-refractivity contribution in [3.8, 4) is 0 Å². The Bertz CT molecular complexity index is 565. The van der Waals surface area contributed by atoms with Gasteiger partial charge in [-0.15, -0.1) is 11.3 Å². The number of carboxylic acid groups (broad SMARTS) is 1. The number of amides is 2. The maximum absolute atomic E-state index is 12.4. The Hall–Kier alpha value is -1.60. The number of carbonyl (C=O) groups is 2. The molecule has 1 aromatic rings. The first kappa shape index (κ1) is 14.3. The van der Waals surface area contributed by atoms with Crippen LogP contribution in [0, 0.1) is 0 Å². The second-order valence-electron chi connectivity index (χ2n) is 5.81. The number of rotatable bonds is 3. The average Bonchev–Trinajstić information content (AvgIpc) is 2.88. The summed E-state index contributed by atoms with van der Waals surface area (Å²) in [6.07, 6.45) is 0.916. The lowest BCUT2D eigenvalue weighted by Crippen LogP contribution is -2.65. The first-order chi connectivity index (χ1) is 9.97. The van der Waals surface area contributed by atoms with E-state index in [1.807, 2.05) is 11.8 Å². The molecule has 1 aromatic heterocycles. The molecule has 0 atom stereocenters. The highest BCUT2D eigenvalue weighted by atomic mass is 32.1. The maximum Gasteiger partial charge on any atom is 0.329 e. The number of hydrogen-bond acceptors (Lipinski definition) is 4. The van der Waals surface area contributed by atoms with Crippen LogP contribution in [0.4, 0.5) is 4.79 Å². The van der Waals surface area contributed by atoms with Gasteiger partial charge in [-0.3, -0.25) is 0 Å². The summed E-state index contributed by atoms with van der Waals surface area (Å²) in [4.78, 5) is 27.9. The minimum atomic E-state index is -0.984. The van der Waals surface area contributed by atoms with Crippen molar-refractivity contribution in [3.05, 3.63) is 21.9 Å². The molecular weight excluding hydrogens is 292 g/mol. The average molecular weight is 310 g/mol. The first-order valence-corrected chi connectivity index (χ1v) is 7.80. The Morgan fingerprint density at radius 3 is 2.90 bits per heavy atom. The van der Waals surface area contributed by atoms with Crippen molar-refractivity contribution >= 4 is 23.3 Å². The van der Waals surface area contributed by atoms with E-state index in [1.54, 1.807) is 16.2 Å². The molecule has 21 heavy (non-hydrogen) atoms. The number of hydrogen-bond donors (Lipinski definition) is 1. The van der Waals surface area contributed by atoms with Crippen LogP contribution in [0.1, 0.15) is 17.4 Å². The van der Waals surface area contributed by atoms with Crippen LogP contribution in [-0.4, -0.2) is 58.7 Å². The third kappa shape index (κ3) is 2.89. The predicted molar refractivity (Wildman–Crippen MR) is 77.4 cm³/mol. The molecule has 0 unspecified atom stereocenters. The van der Waals surface area contributed by atoms with Crippen LogP contribution in [0.2, 0.25) is 0 Å². The molecule has 1 saturated heterocycles. The number of nitrogens with zero attached hydrogens (tertiary/aromatic N) is 2. The molecule has 0 aromatic carbocycles. The Morgan fingerprint density at radius 2 is 2.19 bits per heavy atom. The number of carbonyl (C=O) groups excluding carboxylic acids is 1. The smallest absolute Gasteiger partial charge is 0.329 e. The molecule has 0 spiro atoms. The molecule has 2 aliphatic rings. The Kier molecular flexibility index (Phi) is 3.62. The van der Waals surface area contributed by atoms with Gasteiger partial charge in [-0.25, -0.2) is 9.59 Å². The number of ether oxygens (including phenoxy) is 1. The van der Waals surface area contributed by atoms with Crippen molar-refractivity contribution in [3.63, 3.8) is 0 Å². The van der Waals surface area contributed by atoms with Gasteiger partial charge in [-0.2, -0.15) is 0 Å². The standard InChI is InChI=1S/C14H18N2O4S/c1-14(20-7-12(17)18)8-16(9-14)13(19)15-4-2-11-10(6-15)3-5-21-11/h3,5H,2,4,6-9H2,1H3,(H,17,18). The molecule has 7 heteroatoms. The maximum atomic E-state index is 12.4. The first-order valence-electron chi connectivity index (χ1n) is 6.92. The van der Waals surface area contributed by atoms with E-state index in [-0.39, 0.29) is 12.6 Å². The fourth-order valence-corrected chi connectivity index (χ4v) is 3.73. The summed E-state index contributed by atoms with van der Waals surface area (Å²) in [5, 5.41) is 10.7. The predicted octanol–water partition coefficient (Wildman–Crippen LogP) is 1.40. The molecule has 114 valence electrons. The lowest BCUT2D eigenvalue weighted by atomic mass is 9.96. The lowest BCUT2D eigenvalue weighted by molar-refractivity contribution is -0.160. The zero-order chi connectivity index (χ0) is 15.0. The summed E-state index contributed by atoms with van der Waals surface area (Å²) >= 11 is 1.75. The van der Waals surface area contributed by atoms with Gasteiger partial charge in [0.05, 0.1) is 13.1 Å². The number of likely N-dealkylation sites (tertiary alicyclic amines) is 1. The third-order valence-electron chi connectivity index (χ3n) is 3.94. The minimum absolute atomic E-state index is 0.0169. The van der Waals surface area contributed by atoms with Crippen molar-refractivity contribution < 1.29 is 19.4 Å². The molecular formula is C14H18N2O4S. The second-order valence-corrected chi connectivity index (χ2v) is 6.81. The molecule has 2 amide bonds. The van der Waals surface area contributed by atoms with Gasteiger partial charge < -0.3 is 19.6 Å². The van der Waals surface area contributed by atoms with Crippen LogP contribution in [0.3, 0.4) is 0 Å². The third-order valence-corrected chi connectivity index (χ3v) is 4.97. The van der Waals surface area contributed by atoms with Crippen molar-refractivity contribution in [2.24, 2.45) is 0 Å². The van der Waals surface area contributed by atoms with Crippen LogP contribution in [0.5, 0.6) is 0 Å². The highest BCUT2D eigenvalue weighted by Gasteiger charge is 2.44. The second kappa shape index (κ2) is 5.31. The van der Waals surface area contributed by atoms with Gasteiger partial charge in [-0.1, -0.05) is 0 Å². The van der Waals surface area contributed by atoms with Crippen LogP contribution < -0.4 is 0 Å². The Labute approximate surface area is 126 Å². The van der Waals surface area contributed by atoms with E-state index in [4.69, 9.17) is 9.84 Å². The largest absolute Gasteiger partial charge is 0.480 e. The number of carboxylic acids is 1. The van der Waals surface area contributed by atoms with Crippen LogP contribution in [0.15, 0.2) is 11.4 Å². The topological polar surface area (TPSA) is 70.1 Å². The summed E-state index contributed by atoms with van der Waals surface area (Å²) in [6.45, 7) is 3.84. The van der Waals surface area contributed by atoms with Gasteiger partial charge in [0, 0.05) is 18.0 Å². The number of fused-ring (bicyclic) bond motifs is 1. The molecule has 6 nitrogen and oxygen atoms in total. The van der Waals surface area contributed by atoms with Gasteiger partial charge >= 0.3 is 12.0 Å². The molecule has 1 N–H and O–H groups in total. The molecule has 0 radical (unpaired) electrons. The Morgan fingerprint density at radius 1 is 1.43 bits per heavy atom. The van der Waals surface area contributed by atoms with Crippen molar-refractivity contribution in [1.29, 1.82) is 0 Å². The molecule has 1 fully saturated rings. The summed E-state index contributed by atoms with van der Waals surface area (Å²) in [5.74, 6) is -0.984. The van der Waals surface area contributed by atoms with Crippen molar-refractivity contribution in [2.75, 3.05) is 26.2 Å². The van der Waals surface area contributed by atoms with Gasteiger partial charge in [0.2, 0.25) is 0 Å². The molecule has 2 aliphatic heterocycles. The molecule has 3 heterocycles. The van der Waals surface area contributed by atoms with E-state index in [0.717, 1.165) is 13.0 Å². The molecule has 0 saturated carbocycles. The number of thiophene rings is 1. The zero-order valence-electron chi connectivity index (χ0n) is 11.9. The van der Waals surface area contributed by atoms with Crippen molar-refractivity contribution in [1.82, 2.24) is 9.80 Å². The van der Waals surface area contributed by atoms with E-state index in [2.05, 4.69) is 11.4 Å². The highest BCUT2D eigenvalue weighted by molar-refractivity contribution is 7.10. The van der Waals surface area contributed by atoms with Crippen molar-refractivity contribution in [2.45, 2.75) is 25.5 Å². The summed E-state index contributed by atoms with van der Waals surface area (Å²) in [7, 11) is 0. The van der Waals surface area contributed by atoms with Crippen LogP contribution in [-0.2, 0) is 22.5 Å². The number of urea groups is 1. The van der Waals surface area contributed by atoms with Crippen LogP contribution >= 0.6 is 11.3 Å². The van der Waals surface area contributed by atoms with E-state index < -0.39 is 11.6 Å². The number of aliphatic carboxylic acids is 1. The van der Waals surface area contributed by atoms with E-state index in [0.29, 0.717) is 19.6 Å². The quantitative estimate of drug-likeness (QED) is 0.916. The lowest BCUT2D eigenvalue weighted by Gasteiger charge is -2.48. The molecule has 3 rings (SSSR count). The summed E-state index contributed by atoms with van der Waals surface area (Å²) < 4.78 is 5.33. The normalized spacial score (nSPS) is 19.9. The van der Waals surface area contributed by atoms with E-state index in [1.165, 1.54) is 10.4 Å². The summed E-state index contributed by atoms with van der Waals surface area (Å²) in [5.41, 5.74) is 0.710. The summed E-state index contributed by atoms with van der Waals surface area (Å²) in [6, 6.07) is 2.10. The van der Waals surface area contributed by atoms with Crippen LogP contribution in [0.25, 0.3) is 0 Å². The van der Waals surface area contributed by atoms with E-state index >= 15 is 0 Å².